The summed E-state index contributed by atoms with van der Waals surface area (Å²) in [6.45, 7) is 5.26. The van der Waals surface area contributed by atoms with Gasteiger partial charge in [0.1, 0.15) is 0 Å². The molecule has 0 aliphatic heterocycles. The summed E-state index contributed by atoms with van der Waals surface area (Å²) < 4.78 is 28.9. The molecule has 0 saturated heterocycles. The van der Waals surface area contributed by atoms with E-state index in [-0.39, 0.29) is 29.9 Å². The molecule has 9 nitrogen and oxygen atoms in total. The van der Waals surface area contributed by atoms with Crippen LogP contribution in [-0.2, 0) is 14.6 Å². The van der Waals surface area contributed by atoms with E-state index in [4.69, 9.17) is 10.3 Å². The van der Waals surface area contributed by atoms with Crippen LogP contribution in [0.15, 0.2) is 4.52 Å². The Hall–Kier alpha value is -1.81. The highest BCUT2D eigenvalue weighted by Crippen LogP contribution is 2.38. The monoisotopic (exact) mass is 386 g/mol. The molecule has 2 rings (SSSR count). The molecule has 26 heavy (non-hydrogen) atoms. The zero-order valence-electron chi connectivity index (χ0n) is 15.3. The highest BCUT2D eigenvalue weighted by Gasteiger charge is 2.33. The number of amides is 1. The lowest BCUT2D eigenvalue weighted by atomic mass is 10.1. The molecular formula is C16H26N4O5S. The molecule has 1 heterocycles. The summed E-state index contributed by atoms with van der Waals surface area (Å²) >= 11 is 0. The highest BCUT2D eigenvalue weighted by atomic mass is 32.2. The van der Waals surface area contributed by atoms with Crippen LogP contribution >= 0.6 is 0 Å². The van der Waals surface area contributed by atoms with Crippen molar-refractivity contribution in [3.8, 4) is 0 Å². The van der Waals surface area contributed by atoms with Crippen molar-refractivity contribution >= 4 is 21.5 Å². The Labute approximate surface area is 153 Å². The number of carbonyl (C=O) groups is 2. The maximum absolute atomic E-state index is 12.5. The predicted octanol–water partition coefficient (Wildman–Crippen LogP) is 0.423. The molecule has 0 bridgehead atoms. The standard InChI is InChI=1S/C16H26N4O5S/c1-4-12(13(21)16-19-14(20-25-16)10-5-6-10)18-15(22)11(17)8-26(23,24)7-9(2)3/h9-12H,4-8,17H2,1-3H3,(H,18,22). The van der Waals surface area contributed by atoms with Crippen LogP contribution in [0.4, 0.5) is 0 Å². The lowest BCUT2D eigenvalue weighted by Gasteiger charge is -2.18. The van der Waals surface area contributed by atoms with Crippen molar-refractivity contribution in [3.63, 3.8) is 0 Å². The molecule has 1 aromatic rings. The van der Waals surface area contributed by atoms with Crippen molar-refractivity contribution in [1.29, 1.82) is 0 Å². The molecule has 2 unspecified atom stereocenters. The van der Waals surface area contributed by atoms with E-state index < -0.39 is 39.4 Å². The van der Waals surface area contributed by atoms with Gasteiger partial charge in [-0.05, 0) is 25.2 Å². The first kappa shape index (κ1) is 20.5. The van der Waals surface area contributed by atoms with Crippen LogP contribution in [0.3, 0.4) is 0 Å². The number of nitrogens with two attached hydrogens (primary N) is 1. The molecular weight excluding hydrogens is 360 g/mol. The SMILES string of the molecule is CCC(NC(=O)C(N)CS(=O)(=O)CC(C)C)C(=O)c1nc(C2CC2)no1. The molecule has 3 N–H and O–H groups in total. The number of Topliss-reactive ketones (excluding diaryl/α,β-unsaturated/α-hetero) is 1. The lowest BCUT2D eigenvalue weighted by Crippen LogP contribution is -2.51. The van der Waals surface area contributed by atoms with Gasteiger partial charge in [0.05, 0.1) is 23.6 Å². The summed E-state index contributed by atoms with van der Waals surface area (Å²) in [6.07, 6.45) is 2.23. The molecule has 1 aromatic heterocycles. The second-order valence-electron chi connectivity index (χ2n) is 7.14. The van der Waals surface area contributed by atoms with Gasteiger partial charge in [0, 0.05) is 5.92 Å². The molecule has 1 saturated carbocycles. The fraction of sp³-hybridized carbons (Fsp3) is 0.750. The summed E-state index contributed by atoms with van der Waals surface area (Å²) in [5.74, 6) is -1.17. The first-order valence-electron chi connectivity index (χ1n) is 8.77. The van der Waals surface area contributed by atoms with Crippen LogP contribution in [-0.4, -0.2) is 53.8 Å². The number of ketones is 1. The van der Waals surface area contributed by atoms with E-state index in [1.165, 1.54) is 0 Å². The van der Waals surface area contributed by atoms with Crippen LogP contribution in [0.25, 0.3) is 0 Å². The molecule has 1 aliphatic carbocycles. The maximum Gasteiger partial charge on any atom is 0.296 e. The van der Waals surface area contributed by atoms with Gasteiger partial charge in [0.2, 0.25) is 11.7 Å². The second kappa shape index (κ2) is 8.26. The van der Waals surface area contributed by atoms with Gasteiger partial charge in [0.25, 0.3) is 5.89 Å². The van der Waals surface area contributed by atoms with Crippen molar-refractivity contribution in [1.82, 2.24) is 15.5 Å². The fourth-order valence-corrected chi connectivity index (χ4v) is 4.40. The smallest absolute Gasteiger partial charge is 0.296 e. The Morgan fingerprint density at radius 2 is 1.96 bits per heavy atom. The van der Waals surface area contributed by atoms with Crippen molar-refractivity contribution < 1.29 is 22.5 Å². The van der Waals surface area contributed by atoms with Gasteiger partial charge in [0.15, 0.2) is 15.7 Å². The largest absolute Gasteiger partial charge is 0.344 e. The van der Waals surface area contributed by atoms with E-state index in [1.54, 1.807) is 20.8 Å². The van der Waals surface area contributed by atoms with E-state index in [0.29, 0.717) is 5.82 Å². The average Bonchev–Trinajstić information content (AvgIpc) is 3.27. The summed E-state index contributed by atoms with van der Waals surface area (Å²) in [5.41, 5.74) is 5.72. The summed E-state index contributed by atoms with van der Waals surface area (Å²) in [6, 6.07) is -2.14. The van der Waals surface area contributed by atoms with Crippen molar-refractivity contribution in [2.45, 2.75) is 58.0 Å². The van der Waals surface area contributed by atoms with Crippen LogP contribution < -0.4 is 11.1 Å². The van der Waals surface area contributed by atoms with Crippen molar-refractivity contribution in [2.24, 2.45) is 11.7 Å². The van der Waals surface area contributed by atoms with E-state index >= 15 is 0 Å². The van der Waals surface area contributed by atoms with Gasteiger partial charge >= 0.3 is 0 Å². The molecule has 2 atom stereocenters. The van der Waals surface area contributed by atoms with Crippen molar-refractivity contribution in [2.75, 3.05) is 11.5 Å². The van der Waals surface area contributed by atoms with Gasteiger partial charge in [-0.3, -0.25) is 9.59 Å². The average molecular weight is 386 g/mol. The van der Waals surface area contributed by atoms with E-state index in [1.807, 2.05) is 0 Å². The number of rotatable bonds is 10. The predicted molar refractivity (Wildman–Crippen MR) is 94.3 cm³/mol. The highest BCUT2D eigenvalue weighted by molar-refractivity contribution is 7.91. The molecule has 0 spiro atoms. The second-order valence-corrected chi connectivity index (χ2v) is 9.30. The number of hydrogen-bond acceptors (Lipinski definition) is 8. The summed E-state index contributed by atoms with van der Waals surface area (Å²) in [7, 11) is -3.45. The number of sulfone groups is 1. The molecule has 1 fully saturated rings. The Balaban J connectivity index is 1.96. The summed E-state index contributed by atoms with van der Waals surface area (Å²) in [5, 5.41) is 6.27. The Morgan fingerprint density at radius 3 is 2.50 bits per heavy atom. The van der Waals surface area contributed by atoms with Gasteiger partial charge < -0.3 is 15.6 Å². The van der Waals surface area contributed by atoms with Gasteiger partial charge in [-0.2, -0.15) is 4.98 Å². The van der Waals surface area contributed by atoms with E-state index in [9.17, 15) is 18.0 Å². The zero-order chi connectivity index (χ0) is 19.5. The first-order valence-corrected chi connectivity index (χ1v) is 10.6. The normalized spacial score (nSPS) is 17.1. The van der Waals surface area contributed by atoms with Crippen LogP contribution in [0, 0.1) is 5.92 Å². The number of nitrogens with one attached hydrogen (secondary N) is 1. The third-order valence-corrected chi connectivity index (χ3v) is 6.04. The van der Waals surface area contributed by atoms with Crippen LogP contribution in [0.2, 0.25) is 0 Å². The number of carbonyl (C=O) groups excluding carboxylic acids is 2. The first-order chi connectivity index (χ1) is 12.1. The van der Waals surface area contributed by atoms with Gasteiger partial charge in [-0.15, -0.1) is 0 Å². The molecule has 1 amide bonds. The summed E-state index contributed by atoms with van der Waals surface area (Å²) in [4.78, 5) is 28.7. The zero-order valence-corrected chi connectivity index (χ0v) is 16.1. The number of hydrogen-bond donors (Lipinski definition) is 2. The minimum absolute atomic E-state index is 0.0456. The molecule has 10 heteroatoms. The lowest BCUT2D eigenvalue weighted by molar-refractivity contribution is -0.122. The van der Waals surface area contributed by atoms with Gasteiger partial charge in [-0.25, -0.2) is 8.42 Å². The molecule has 1 aliphatic rings. The third kappa shape index (κ3) is 5.60. The fourth-order valence-electron chi connectivity index (χ4n) is 2.55. The molecule has 146 valence electrons. The minimum Gasteiger partial charge on any atom is -0.344 e. The van der Waals surface area contributed by atoms with E-state index in [2.05, 4.69) is 15.5 Å². The minimum atomic E-state index is -3.45. The Morgan fingerprint density at radius 1 is 1.31 bits per heavy atom. The molecule has 0 radical (unpaired) electrons. The topological polar surface area (TPSA) is 145 Å². The number of aromatic nitrogens is 2. The Bertz CT molecular complexity index is 754. The van der Waals surface area contributed by atoms with Crippen molar-refractivity contribution in [3.05, 3.63) is 11.7 Å². The van der Waals surface area contributed by atoms with Crippen LogP contribution in [0.5, 0.6) is 0 Å². The molecule has 0 aromatic carbocycles. The maximum atomic E-state index is 12.5. The van der Waals surface area contributed by atoms with Gasteiger partial charge in [-0.1, -0.05) is 25.9 Å². The Kier molecular flexibility index (Phi) is 6.51. The quantitative estimate of drug-likeness (QED) is 0.550. The van der Waals surface area contributed by atoms with Crippen LogP contribution in [0.1, 0.15) is 62.5 Å². The third-order valence-electron chi connectivity index (χ3n) is 3.99. The van der Waals surface area contributed by atoms with E-state index in [0.717, 1.165) is 12.8 Å². The number of nitrogens with zero attached hydrogens (tertiary/aromatic N) is 2.